The van der Waals surface area contributed by atoms with E-state index in [1.807, 2.05) is 30.3 Å². The summed E-state index contributed by atoms with van der Waals surface area (Å²) < 4.78 is 26.7. The topological polar surface area (TPSA) is 99.6 Å². The predicted molar refractivity (Wildman–Crippen MR) is 130 cm³/mol. The first-order valence-electron chi connectivity index (χ1n) is 11.3. The van der Waals surface area contributed by atoms with Crippen LogP contribution in [0.15, 0.2) is 65.7 Å². The van der Waals surface area contributed by atoms with Crippen molar-refractivity contribution in [2.75, 3.05) is 44.2 Å². The van der Waals surface area contributed by atoms with Gasteiger partial charge in [-0.25, -0.2) is 8.42 Å². The summed E-state index contributed by atoms with van der Waals surface area (Å²) in [5.74, 6) is 0.653. The fourth-order valence-electron chi connectivity index (χ4n) is 3.95. The van der Waals surface area contributed by atoms with Gasteiger partial charge in [-0.15, -0.1) is 10.2 Å². The molecule has 3 heterocycles. The van der Waals surface area contributed by atoms with Crippen molar-refractivity contribution >= 4 is 21.7 Å². The second-order valence-electron chi connectivity index (χ2n) is 7.88. The molecule has 1 aliphatic rings. The molecule has 1 aliphatic heterocycles. The predicted octanol–water partition coefficient (Wildman–Crippen LogP) is 2.53. The van der Waals surface area contributed by atoms with E-state index in [2.05, 4.69) is 20.1 Å². The second kappa shape index (κ2) is 10.3. The summed E-state index contributed by atoms with van der Waals surface area (Å²) in [5.41, 5.74) is 1.96. The van der Waals surface area contributed by atoms with Crippen LogP contribution in [0.1, 0.15) is 24.2 Å². The molecule has 3 aromatic rings. The zero-order valence-corrected chi connectivity index (χ0v) is 20.1. The fourth-order valence-corrected chi connectivity index (χ4v) is 5.41. The Morgan fingerprint density at radius 3 is 2.15 bits per heavy atom. The lowest BCUT2D eigenvalue weighted by molar-refractivity contribution is 0.0746. The van der Waals surface area contributed by atoms with Crippen LogP contribution in [0.5, 0.6) is 0 Å². The number of anilines is 1. The van der Waals surface area contributed by atoms with Gasteiger partial charge in [0, 0.05) is 51.0 Å². The van der Waals surface area contributed by atoms with Crippen molar-refractivity contribution in [2.45, 2.75) is 18.7 Å². The minimum atomic E-state index is -3.54. The molecular weight excluding hydrogens is 452 g/mol. The number of pyridine rings is 1. The highest BCUT2D eigenvalue weighted by atomic mass is 32.2. The maximum absolute atomic E-state index is 13.0. The molecule has 0 aliphatic carbocycles. The Morgan fingerprint density at radius 1 is 0.882 bits per heavy atom. The molecule has 1 aromatic carbocycles. The summed E-state index contributed by atoms with van der Waals surface area (Å²) in [4.78, 5) is 21.3. The van der Waals surface area contributed by atoms with Crippen molar-refractivity contribution in [3.05, 3.63) is 66.4 Å². The first-order chi connectivity index (χ1) is 16.4. The summed E-state index contributed by atoms with van der Waals surface area (Å²) in [5, 5.41) is 8.63. The van der Waals surface area contributed by atoms with E-state index in [1.165, 1.54) is 16.4 Å². The van der Waals surface area contributed by atoms with Crippen LogP contribution in [0.25, 0.3) is 11.4 Å². The van der Waals surface area contributed by atoms with Crippen molar-refractivity contribution in [1.29, 1.82) is 0 Å². The molecule has 0 saturated carbocycles. The Bertz CT molecular complexity index is 1210. The second-order valence-corrected chi connectivity index (χ2v) is 9.82. The Hall–Kier alpha value is -3.37. The Kier molecular flexibility index (Phi) is 7.18. The molecule has 1 amide bonds. The van der Waals surface area contributed by atoms with E-state index in [0.29, 0.717) is 50.5 Å². The maximum Gasteiger partial charge on any atom is 0.253 e. The molecule has 10 heteroatoms. The van der Waals surface area contributed by atoms with Gasteiger partial charge in [-0.3, -0.25) is 9.78 Å². The number of carbonyl (C=O) groups is 1. The number of hydrogen-bond acceptors (Lipinski definition) is 7. The minimum absolute atomic E-state index is 0.108. The molecule has 0 bridgehead atoms. The Labute approximate surface area is 200 Å². The highest BCUT2D eigenvalue weighted by Gasteiger charge is 2.25. The number of aromatic nitrogens is 3. The first kappa shape index (κ1) is 23.8. The van der Waals surface area contributed by atoms with Crippen LogP contribution >= 0.6 is 0 Å². The number of benzene rings is 1. The van der Waals surface area contributed by atoms with E-state index in [0.717, 1.165) is 11.5 Å². The number of piperazine rings is 1. The van der Waals surface area contributed by atoms with Gasteiger partial charge < -0.3 is 9.80 Å². The molecule has 2 aromatic heterocycles. The summed E-state index contributed by atoms with van der Waals surface area (Å²) >= 11 is 0. The van der Waals surface area contributed by atoms with Crippen LogP contribution in [0.3, 0.4) is 0 Å². The lowest BCUT2D eigenvalue weighted by Crippen LogP contribution is -2.49. The molecule has 34 heavy (non-hydrogen) atoms. The third-order valence-corrected chi connectivity index (χ3v) is 7.98. The summed E-state index contributed by atoms with van der Waals surface area (Å²) in [7, 11) is -3.54. The molecular formula is C24H28N6O3S. The summed E-state index contributed by atoms with van der Waals surface area (Å²) in [6.07, 6.45) is 1.72. The summed E-state index contributed by atoms with van der Waals surface area (Å²) in [6.45, 7) is 6.78. The van der Waals surface area contributed by atoms with Crippen molar-refractivity contribution in [1.82, 2.24) is 24.4 Å². The molecule has 0 spiro atoms. The average Bonchev–Trinajstić information content (AvgIpc) is 2.89. The van der Waals surface area contributed by atoms with E-state index in [1.54, 1.807) is 37.1 Å². The zero-order valence-electron chi connectivity index (χ0n) is 19.3. The standard InChI is InChI=1S/C24H28N6O3S/c1-3-30(4-2)34(32,33)20-10-8-19(9-11-20)24(31)29-17-15-28(16-18-29)23-13-12-22(26-27-23)21-7-5-6-14-25-21/h5-14H,3-4,15-18H2,1-2H3. The molecule has 0 N–H and O–H groups in total. The number of carbonyl (C=O) groups excluding carboxylic acids is 1. The van der Waals surface area contributed by atoms with Crippen LogP contribution in [0, 0.1) is 0 Å². The average molecular weight is 481 g/mol. The van der Waals surface area contributed by atoms with Crippen LogP contribution in [-0.2, 0) is 10.0 Å². The molecule has 9 nitrogen and oxygen atoms in total. The van der Waals surface area contributed by atoms with Crippen LogP contribution in [-0.4, -0.2) is 78.0 Å². The lowest BCUT2D eigenvalue weighted by atomic mass is 10.2. The largest absolute Gasteiger partial charge is 0.352 e. The van der Waals surface area contributed by atoms with Gasteiger partial charge in [-0.1, -0.05) is 19.9 Å². The maximum atomic E-state index is 13.0. The van der Waals surface area contributed by atoms with E-state index >= 15 is 0 Å². The lowest BCUT2D eigenvalue weighted by Gasteiger charge is -2.35. The van der Waals surface area contributed by atoms with Crippen molar-refractivity contribution in [3.8, 4) is 11.4 Å². The number of nitrogens with zero attached hydrogens (tertiary/aromatic N) is 6. The normalized spacial score (nSPS) is 14.4. The molecule has 1 fully saturated rings. The van der Waals surface area contributed by atoms with Gasteiger partial charge in [0.1, 0.15) is 5.69 Å². The van der Waals surface area contributed by atoms with Gasteiger partial charge in [0.2, 0.25) is 10.0 Å². The Balaban J connectivity index is 1.37. The van der Waals surface area contributed by atoms with Gasteiger partial charge in [0.05, 0.1) is 10.6 Å². The van der Waals surface area contributed by atoms with E-state index in [4.69, 9.17) is 0 Å². The molecule has 1 saturated heterocycles. The third kappa shape index (κ3) is 4.92. The minimum Gasteiger partial charge on any atom is -0.352 e. The Morgan fingerprint density at radius 2 is 1.59 bits per heavy atom. The number of amides is 1. The van der Waals surface area contributed by atoms with Crippen molar-refractivity contribution < 1.29 is 13.2 Å². The van der Waals surface area contributed by atoms with Crippen LogP contribution in [0.4, 0.5) is 5.82 Å². The number of sulfonamides is 1. The summed E-state index contributed by atoms with van der Waals surface area (Å²) in [6, 6.07) is 15.7. The van der Waals surface area contributed by atoms with E-state index < -0.39 is 10.0 Å². The van der Waals surface area contributed by atoms with E-state index in [9.17, 15) is 13.2 Å². The zero-order chi connectivity index (χ0) is 24.1. The van der Waals surface area contributed by atoms with Gasteiger partial charge in [0.25, 0.3) is 5.91 Å². The molecule has 178 valence electrons. The van der Waals surface area contributed by atoms with Crippen molar-refractivity contribution in [3.63, 3.8) is 0 Å². The first-order valence-corrected chi connectivity index (χ1v) is 12.8. The monoisotopic (exact) mass is 480 g/mol. The van der Waals surface area contributed by atoms with Crippen LogP contribution in [0.2, 0.25) is 0 Å². The number of rotatable bonds is 7. The van der Waals surface area contributed by atoms with Gasteiger partial charge >= 0.3 is 0 Å². The van der Waals surface area contributed by atoms with Gasteiger partial charge in [0.15, 0.2) is 5.82 Å². The fraction of sp³-hybridized carbons (Fsp3) is 0.333. The molecule has 0 atom stereocenters. The third-order valence-electron chi connectivity index (χ3n) is 5.91. The van der Waals surface area contributed by atoms with E-state index in [-0.39, 0.29) is 10.8 Å². The van der Waals surface area contributed by atoms with Crippen LogP contribution < -0.4 is 4.90 Å². The SMILES string of the molecule is CCN(CC)S(=O)(=O)c1ccc(C(=O)N2CCN(c3ccc(-c4ccccn4)nn3)CC2)cc1. The highest BCUT2D eigenvalue weighted by Crippen LogP contribution is 2.20. The smallest absolute Gasteiger partial charge is 0.253 e. The molecule has 0 unspecified atom stereocenters. The molecule has 4 rings (SSSR count). The highest BCUT2D eigenvalue weighted by molar-refractivity contribution is 7.89. The van der Waals surface area contributed by atoms with Gasteiger partial charge in [-0.2, -0.15) is 4.31 Å². The number of hydrogen-bond donors (Lipinski definition) is 0. The quantitative estimate of drug-likeness (QED) is 0.512. The van der Waals surface area contributed by atoms with Crippen molar-refractivity contribution in [2.24, 2.45) is 0 Å². The molecule has 0 radical (unpaired) electrons. The van der Waals surface area contributed by atoms with Gasteiger partial charge in [-0.05, 0) is 48.5 Å².